The Morgan fingerprint density at radius 1 is 1.07 bits per heavy atom. The monoisotopic (exact) mass is 400 g/mol. The van der Waals surface area contributed by atoms with E-state index in [-0.39, 0.29) is 18.1 Å². The van der Waals surface area contributed by atoms with E-state index in [9.17, 15) is 9.90 Å². The van der Waals surface area contributed by atoms with Gasteiger partial charge in [0.2, 0.25) is 0 Å². The fraction of sp³-hybridized carbons (Fsp3) is 0.458. The molecule has 0 spiro atoms. The number of carboxylic acids is 1. The van der Waals surface area contributed by atoms with Gasteiger partial charge in [0.1, 0.15) is 5.75 Å². The molecule has 0 aromatic heterocycles. The normalized spacial score (nSPS) is 11.8. The zero-order valence-electron chi connectivity index (χ0n) is 17.6. The van der Waals surface area contributed by atoms with Gasteiger partial charge in [-0.2, -0.15) is 0 Å². The summed E-state index contributed by atoms with van der Waals surface area (Å²) in [6.45, 7) is 4.72. The van der Waals surface area contributed by atoms with E-state index in [1.165, 1.54) is 0 Å². The van der Waals surface area contributed by atoms with E-state index in [0.29, 0.717) is 12.4 Å². The first kappa shape index (κ1) is 22.6. The van der Waals surface area contributed by atoms with Gasteiger partial charge in [-0.1, -0.05) is 38.5 Å². The summed E-state index contributed by atoms with van der Waals surface area (Å²) >= 11 is 0. The van der Waals surface area contributed by atoms with E-state index in [0.717, 1.165) is 54.5 Å². The Hall–Kier alpha value is -2.69. The number of unbranched alkanes of at least 4 members (excludes halogenated alkanes) is 1. The van der Waals surface area contributed by atoms with Crippen molar-refractivity contribution in [3.63, 3.8) is 0 Å². The Morgan fingerprint density at radius 2 is 1.86 bits per heavy atom. The fourth-order valence-corrected chi connectivity index (χ4v) is 3.29. The number of aromatic hydroxyl groups is 1. The predicted octanol–water partition coefficient (Wildman–Crippen LogP) is 5.33. The summed E-state index contributed by atoms with van der Waals surface area (Å²) in [6.07, 6.45) is 4.81. The lowest BCUT2D eigenvalue weighted by Gasteiger charge is -2.16. The molecule has 0 bridgehead atoms. The molecule has 5 nitrogen and oxygen atoms in total. The van der Waals surface area contributed by atoms with E-state index in [1.54, 1.807) is 13.2 Å². The van der Waals surface area contributed by atoms with Gasteiger partial charge in [0, 0.05) is 0 Å². The molecule has 0 saturated heterocycles. The Kier molecular flexibility index (Phi) is 8.84. The predicted molar refractivity (Wildman–Crippen MR) is 114 cm³/mol. The minimum Gasteiger partial charge on any atom is -0.504 e. The third kappa shape index (κ3) is 7.00. The molecule has 2 rings (SSSR count). The zero-order chi connectivity index (χ0) is 21.2. The Bertz CT molecular complexity index is 800. The number of aryl methyl sites for hydroxylation is 2. The SMILES string of the molecule is CCCCOc1cc(C(C)CC(=O)O)ccc1CCCc1ccc(O)c(OC)c1. The lowest BCUT2D eigenvalue weighted by Crippen LogP contribution is -2.05. The topological polar surface area (TPSA) is 76.0 Å². The van der Waals surface area contributed by atoms with Gasteiger partial charge in [0.15, 0.2) is 11.5 Å². The lowest BCUT2D eigenvalue weighted by molar-refractivity contribution is -0.137. The van der Waals surface area contributed by atoms with E-state index < -0.39 is 5.97 Å². The summed E-state index contributed by atoms with van der Waals surface area (Å²) in [5.74, 6) is 0.646. The highest BCUT2D eigenvalue weighted by Crippen LogP contribution is 2.30. The van der Waals surface area contributed by atoms with Crippen LogP contribution in [-0.4, -0.2) is 29.9 Å². The second-order valence-electron chi connectivity index (χ2n) is 7.43. The summed E-state index contributed by atoms with van der Waals surface area (Å²) in [4.78, 5) is 11.0. The smallest absolute Gasteiger partial charge is 0.303 e. The van der Waals surface area contributed by atoms with E-state index >= 15 is 0 Å². The number of phenols is 1. The summed E-state index contributed by atoms with van der Waals surface area (Å²) in [7, 11) is 1.55. The minimum absolute atomic E-state index is 0.0560. The van der Waals surface area contributed by atoms with Gasteiger partial charge in [-0.3, -0.25) is 4.79 Å². The molecule has 0 fully saturated rings. The van der Waals surface area contributed by atoms with Crippen molar-refractivity contribution >= 4 is 5.97 Å². The van der Waals surface area contributed by atoms with Crippen molar-refractivity contribution in [2.45, 2.75) is 58.3 Å². The molecule has 29 heavy (non-hydrogen) atoms. The number of hydrogen-bond donors (Lipinski definition) is 2. The molecule has 2 aromatic rings. The van der Waals surface area contributed by atoms with Crippen LogP contribution in [0.2, 0.25) is 0 Å². The number of ether oxygens (including phenoxy) is 2. The van der Waals surface area contributed by atoms with Crippen molar-refractivity contribution in [2.75, 3.05) is 13.7 Å². The zero-order valence-corrected chi connectivity index (χ0v) is 17.6. The summed E-state index contributed by atoms with van der Waals surface area (Å²) in [5, 5.41) is 18.8. The van der Waals surface area contributed by atoms with Gasteiger partial charge >= 0.3 is 5.97 Å². The molecule has 2 N–H and O–H groups in total. The van der Waals surface area contributed by atoms with Crippen molar-refractivity contribution in [3.05, 3.63) is 53.1 Å². The van der Waals surface area contributed by atoms with Gasteiger partial charge in [-0.15, -0.1) is 0 Å². The number of phenolic OH excluding ortho intramolecular Hbond substituents is 1. The number of carbonyl (C=O) groups is 1. The molecule has 1 atom stereocenters. The Labute approximate surface area is 173 Å². The van der Waals surface area contributed by atoms with Gasteiger partial charge in [0.25, 0.3) is 0 Å². The highest BCUT2D eigenvalue weighted by molar-refractivity contribution is 5.68. The maximum atomic E-state index is 11.0. The molecular formula is C24H32O5. The molecule has 0 aliphatic carbocycles. The Morgan fingerprint density at radius 3 is 2.55 bits per heavy atom. The second kappa shape index (κ2) is 11.3. The molecule has 1 unspecified atom stereocenters. The van der Waals surface area contributed by atoms with Crippen molar-refractivity contribution < 1.29 is 24.5 Å². The van der Waals surface area contributed by atoms with Crippen LogP contribution in [0, 0.1) is 0 Å². The maximum absolute atomic E-state index is 11.0. The van der Waals surface area contributed by atoms with Gasteiger partial charge in [0.05, 0.1) is 20.1 Å². The maximum Gasteiger partial charge on any atom is 0.303 e. The third-order valence-electron chi connectivity index (χ3n) is 5.05. The summed E-state index contributed by atoms with van der Waals surface area (Å²) in [6, 6.07) is 11.5. The molecule has 0 aliphatic rings. The van der Waals surface area contributed by atoms with Crippen LogP contribution in [0.5, 0.6) is 17.2 Å². The number of aliphatic carboxylic acids is 1. The molecular weight excluding hydrogens is 368 g/mol. The van der Waals surface area contributed by atoms with Crippen LogP contribution in [0.4, 0.5) is 0 Å². The molecule has 0 heterocycles. The summed E-state index contributed by atoms with van der Waals surface area (Å²) < 4.78 is 11.2. The van der Waals surface area contributed by atoms with Gasteiger partial charge in [-0.05, 0) is 66.5 Å². The van der Waals surface area contributed by atoms with Crippen LogP contribution < -0.4 is 9.47 Å². The van der Waals surface area contributed by atoms with Crippen LogP contribution in [0.15, 0.2) is 36.4 Å². The van der Waals surface area contributed by atoms with Crippen LogP contribution in [0.1, 0.15) is 62.1 Å². The molecule has 2 aromatic carbocycles. The first-order valence-corrected chi connectivity index (χ1v) is 10.3. The third-order valence-corrected chi connectivity index (χ3v) is 5.05. The van der Waals surface area contributed by atoms with Gasteiger partial charge in [-0.25, -0.2) is 0 Å². The highest BCUT2D eigenvalue weighted by Gasteiger charge is 2.13. The number of rotatable bonds is 12. The molecule has 0 saturated carbocycles. The average Bonchev–Trinajstić information content (AvgIpc) is 2.69. The average molecular weight is 401 g/mol. The van der Waals surface area contributed by atoms with Crippen molar-refractivity contribution in [2.24, 2.45) is 0 Å². The first-order chi connectivity index (χ1) is 13.9. The number of carboxylic acid groups (broad SMARTS) is 1. The highest BCUT2D eigenvalue weighted by atomic mass is 16.5. The molecule has 0 radical (unpaired) electrons. The van der Waals surface area contributed by atoms with Crippen molar-refractivity contribution in [1.82, 2.24) is 0 Å². The molecule has 158 valence electrons. The molecule has 5 heteroatoms. The van der Waals surface area contributed by atoms with Crippen LogP contribution in [0.3, 0.4) is 0 Å². The fourth-order valence-electron chi connectivity index (χ4n) is 3.29. The van der Waals surface area contributed by atoms with Gasteiger partial charge < -0.3 is 19.7 Å². The quantitative estimate of drug-likeness (QED) is 0.471. The van der Waals surface area contributed by atoms with Crippen LogP contribution >= 0.6 is 0 Å². The van der Waals surface area contributed by atoms with E-state index in [1.807, 2.05) is 31.2 Å². The standard InChI is InChI=1S/C24H32O5/c1-4-5-13-29-22-16-20(17(2)14-24(26)27)11-10-19(22)8-6-7-18-9-12-21(25)23(15-18)28-3/h9-12,15-17,25H,4-8,13-14H2,1-3H3,(H,26,27). The second-order valence-corrected chi connectivity index (χ2v) is 7.43. The van der Waals surface area contributed by atoms with Crippen LogP contribution in [-0.2, 0) is 17.6 Å². The van der Waals surface area contributed by atoms with Crippen LogP contribution in [0.25, 0.3) is 0 Å². The first-order valence-electron chi connectivity index (χ1n) is 10.3. The lowest BCUT2D eigenvalue weighted by atomic mass is 9.94. The molecule has 0 aliphatic heterocycles. The van der Waals surface area contributed by atoms with E-state index in [4.69, 9.17) is 14.6 Å². The minimum atomic E-state index is -0.792. The van der Waals surface area contributed by atoms with Crippen molar-refractivity contribution in [3.8, 4) is 17.2 Å². The van der Waals surface area contributed by atoms with E-state index in [2.05, 4.69) is 13.0 Å². The number of hydrogen-bond acceptors (Lipinski definition) is 4. The largest absolute Gasteiger partial charge is 0.504 e. The number of benzene rings is 2. The van der Waals surface area contributed by atoms with Crippen molar-refractivity contribution in [1.29, 1.82) is 0 Å². The summed E-state index contributed by atoms with van der Waals surface area (Å²) in [5.41, 5.74) is 3.24. The molecule has 0 amide bonds. The number of methoxy groups -OCH3 is 1. The Balaban J connectivity index is 2.08.